The Labute approximate surface area is 99.3 Å². The summed E-state index contributed by atoms with van der Waals surface area (Å²) in [7, 11) is 0. The van der Waals surface area contributed by atoms with Crippen LogP contribution >= 0.6 is 0 Å². The lowest BCUT2D eigenvalue weighted by Crippen LogP contribution is -2.36. The first-order chi connectivity index (χ1) is 7.83. The zero-order valence-electron chi connectivity index (χ0n) is 10.3. The van der Waals surface area contributed by atoms with E-state index in [0.29, 0.717) is 0 Å². The molecule has 0 aromatic carbocycles. The van der Waals surface area contributed by atoms with Crippen LogP contribution in [0.2, 0.25) is 0 Å². The van der Waals surface area contributed by atoms with Gasteiger partial charge in [0.05, 0.1) is 13.2 Å². The molecule has 0 unspecified atom stereocenters. The van der Waals surface area contributed by atoms with Crippen LogP contribution < -0.4 is 0 Å². The largest absolute Gasteiger partial charge is 0.379 e. The lowest BCUT2D eigenvalue weighted by Gasteiger charge is -2.25. The van der Waals surface area contributed by atoms with Crippen LogP contribution in [0.5, 0.6) is 0 Å². The second-order valence-electron chi connectivity index (χ2n) is 4.12. The minimum Gasteiger partial charge on any atom is -0.379 e. The van der Waals surface area contributed by atoms with Crippen LogP contribution in [0, 0.1) is 0 Å². The first kappa shape index (κ1) is 13.2. The van der Waals surface area contributed by atoms with E-state index in [-0.39, 0.29) is 0 Å². The Kier molecular flexibility index (Phi) is 6.86. The smallest absolute Gasteiger partial charge is 0.0594 e. The van der Waals surface area contributed by atoms with Gasteiger partial charge in [-0.3, -0.25) is 4.90 Å². The van der Waals surface area contributed by atoms with Gasteiger partial charge in [-0.15, -0.1) is 6.58 Å². The van der Waals surface area contributed by atoms with Crippen molar-refractivity contribution >= 4 is 0 Å². The molecule has 2 nitrogen and oxygen atoms in total. The van der Waals surface area contributed by atoms with E-state index in [9.17, 15) is 0 Å². The van der Waals surface area contributed by atoms with Crippen molar-refractivity contribution in [2.24, 2.45) is 0 Å². The van der Waals surface area contributed by atoms with E-state index in [1.54, 1.807) is 0 Å². The number of nitrogens with zero attached hydrogens (tertiary/aromatic N) is 1. The van der Waals surface area contributed by atoms with Crippen LogP contribution in [0.4, 0.5) is 0 Å². The normalized spacial score (nSPS) is 19.2. The number of rotatable bonds is 6. The Morgan fingerprint density at radius 1 is 1.38 bits per heavy atom. The third-order valence-corrected chi connectivity index (χ3v) is 2.70. The van der Waals surface area contributed by atoms with Crippen molar-refractivity contribution in [2.75, 3.05) is 32.8 Å². The Balaban J connectivity index is 2.13. The van der Waals surface area contributed by atoms with E-state index < -0.39 is 0 Å². The highest BCUT2D eigenvalue weighted by Crippen LogP contribution is 2.01. The van der Waals surface area contributed by atoms with Crippen molar-refractivity contribution in [3.63, 3.8) is 0 Å². The molecular formula is C14H23NO. The number of morpholine rings is 1. The fraction of sp³-hybridized carbons (Fsp3) is 0.571. The summed E-state index contributed by atoms with van der Waals surface area (Å²) in [6, 6.07) is 0. The second-order valence-corrected chi connectivity index (χ2v) is 4.12. The monoisotopic (exact) mass is 221 g/mol. The minimum absolute atomic E-state index is 0.891. The molecule has 0 bridgehead atoms. The summed E-state index contributed by atoms with van der Waals surface area (Å²) in [5.74, 6) is 0. The molecule has 1 saturated heterocycles. The predicted octanol–water partition coefficient (Wildman–Crippen LogP) is 2.79. The zero-order valence-corrected chi connectivity index (χ0v) is 10.3. The van der Waals surface area contributed by atoms with E-state index in [0.717, 1.165) is 45.7 Å². The molecule has 1 heterocycles. The van der Waals surface area contributed by atoms with Gasteiger partial charge in [0.15, 0.2) is 0 Å². The molecule has 0 atom stereocenters. The quantitative estimate of drug-likeness (QED) is 0.505. The molecule has 1 aliphatic rings. The fourth-order valence-corrected chi connectivity index (χ4v) is 1.69. The minimum atomic E-state index is 0.891. The Morgan fingerprint density at radius 3 is 2.81 bits per heavy atom. The van der Waals surface area contributed by atoms with Crippen molar-refractivity contribution in [1.29, 1.82) is 0 Å². The van der Waals surface area contributed by atoms with E-state index >= 15 is 0 Å². The molecule has 0 saturated carbocycles. The Hall–Kier alpha value is -0.860. The van der Waals surface area contributed by atoms with Gasteiger partial charge in [-0.05, 0) is 19.8 Å². The third kappa shape index (κ3) is 5.89. The number of hydrogen-bond acceptors (Lipinski definition) is 2. The highest BCUT2D eigenvalue weighted by Gasteiger charge is 2.07. The van der Waals surface area contributed by atoms with Gasteiger partial charge < -0.3 is 4.74 Å². The first-order valence-corrected chi connectivity index (χ1v) is 6.07. The van der Waals surface area contributed by atoms with Crippen molar-refractivity contribution in [2.45, 2.75) is 19.8 Å². The molecule has 2 heteroatoms. The summed E-state index contributed by atoms with van der Waals surface area (Å²) in [5, 5.41) is 0. The highest BCUT2D eigenvalue weighted by atomic mass is 16.5. The SMILES string of the molecule is C=CC/C=C(C)\C=C/CCN1CCOCC1. The van der Waals surface area contributed by atoms with Gasteiger partial charge in [-0.2, -0.15) is 0 Å². The summed E-state index contributed by atoms with van der Waals surface area (Å²) >= 11 is 0. The zero-order chi connectivity index (χ0) is 11.6. The first-order valence-electron chi connectivity index (χ1n) is 6.07. The molecule has 0 aromatic heterocycles. The van der Waals surface area contributed by atoms with Gasteiger partial charge in [-0.1, -0.05) is 29.9 Å². The molecule has 1 aliphatic heterocycles. The third-order valence-electron chi connectivity index (χ3n) is 2.70. The average Bonchev–Trinajstić information content (AvgIpc) is 2.33. The summed E-state index contributed by atoms with van der Waals surface area (Å²) in [4.78, 5) is 2.45. The summed E-state index contributed by atoms with van der Waals surface area (Å²) in [6.07, 6.45) is 10.6. The van der Waals surface area contributed by atoms with Crippen molar-refractivity contribution in [3.8, 4) is 0 Å². The fourth-order valence-electron chi connectivity index (χ4n) is 1.69. The molecule has 90 valence electrons. The van der Waals surface area contributed by atoms with Crippen LogP contribution in [0.1, 0.15) is 19.8 Å². The number of ether oxygens (including phenoxy) is 1. The number of allylic oxidation sites excluding steroid dienone is 4. The van der Waals surface area contributed by atoms with Crippen LogP contribution in [-0.2, 0) is 4.74 Å². The Morgan fingerprint density at radius 2 is 2.12 bits per heavy atom. The predicted molar refractivity (Wildman–Crippen MR) is 69.6 cm³/mol. The maximum Gasteiger partial charge on any atom is 0.0594 e. The maximum absolute atomic E-state index is 5.31. The van der Waals surface area contributed by atoms with Crippen LogP contribution in [-0.4, -0.2) is 37.7 Å². The summed E-state index contributed by atoms with van der Waals surface area (Å²) in [6.45, 7) is 10.9. The molecular weight excluding hydrogens is 198 g/mol. The lowest BCUT2D eigenvalue weighted by atomic mass is 10.2. The summed E-state index contributed by atoms with van der Waals surface area (Å²) < 4.78 is 5.31. The number of hydrogen-bond donors (Lipinski definition) is 0. The van der Waals surface area contributed by atoms with Crippen molar-refractivity contribution in [3.05, 3.63) is 36.5 Å². The van der Waals surface area contributed by atoms with Gasteiger partial charge in [0, 0.05) is 19.6 Å². The molecule has 0 N–H and O–H groups in total. The lowest BCUT2D eigenvalue weighted by molar-refractivity contribution is 0.0387. The van der Waals surface area contributed by atoms with Gasteiger partial charge in [0.25, 0.3) is 0 Å². The summed E-state index contributed by atoms with van der Waals surface area (Å²) in [5.41, 5.74) is 1.32. The molecule has 0 amide bonds. The molecule has 0 aromatic rings. The highest BCUT2D eigenvalue weighted by molar-refractivity contribution is 5.16. The van der Waals surface area contributed by atoms with Crippen LogP contribution in [0.15, 0.2) is 36.5 Å². The standard InChI is InChI=1S/C14H23NO/c1-3-4-7-14(2)8-5-6-9-15-10-12-16-13-11-15/h3,5,7-8H,1,4,6,9-13H2,2H3/b8-5-,14-7-. The van der Waals surface area contributed by atoms with Crippen LogP contribution in [0.3, 0.4) is 0 Å². The van der Waals surface area contributed by atoms with E-state index in [1.807, 2.05) is 6.08 Å². The maximum atomic E-state index is 5.31. The van der Waals surface area contributed by atoms with Gasteiger partial charge in [-0.25, -0.2) is 0 Å². The van der Waals surface area contributed by atoms with Crippen molar-refractivity contribution < 1.29 is 4.74 Å². The molecule has 1 fully saturated rings. The Bertz CT molecular complexity index is 249. The van der Waals surface area contributed by atoms with Gasteiger partial charge in [0.1, 0.15) is 0 Å². The molecule has 0 spiro atoms. The molecule has 16 heavy (non-hydrogen) atoms. The topological polar surface area (TPSA) is 12.5 Å². The average molecular weight is 221 g/mol. The van der Waals surface area contributed by atoms with E-state index in [1.165, 1.54) is 5.57 Å². The van der Waals surface area contributed by atoms with Gasteiger partial charge in [0.2, 0.25) is 0 Å². The van der Waals surface area contributed by atoms with E-state index in [4.69, 9.17) is 4.74 Å². The van der Waals surface area contributed by atoms with Crippen LogP contribution in [0.25, 0.3) is 0 Å². The van der Waals surface area contributed by atoms with E-state index in [2.05, 4.69) is 36.6 Å². The molecule has 0 aliphatic carbocycles. The molecule has 1 rings (SSSR count). The second kappa shape index (κ2) is 8.31. The van der Waals surface area contributed by atoms with Gasteiger partial charge >= 0.3 is 0 Å². The van der Waals surface area contributed by atoms with Crippen molar-refractivity contribution in [1.82, 2.24) is 4.90 Å². The molecule has 0 radical (unpaired) electrons.